The Labute approximate surface area is 182 Å². The quantitative estimate of drug-likeness (QED) is 0.355. The number of anilines is 2. The van der Waals surface area contributed by atoms with Crippen molar-refractivity contribution in [2.45, 2.75) is 33.1 Å². The second-order valence-electron chi connectivity index (χ2n) is 6.74. The van der Waals surface area contributed by atoms with E-state index in [0.29, 0.717) is 6.07 Å². The van der Waals surface area contributed by atoms with Gasteiger partial charge >= 0.3 is 12.1 Å². The molecule has 0 aliphatic rings. The fourth-order valence-corrected chi connectivity index (χ4v) is 2.90. The molecule has 2 aromatic rings. The van der Waals surface area contributed by atoms with Gasteiger partial charge in [0.15, 0.2) is 6.10 Å². The maximum absolute atomic E-state index is 13.3. The molecule has 0 saturated carbocycles. The first kappa shape index (κ1) is 24.6. The van der Waals surface area contributed by atoms with Gasteiger partial charge in [0.05, 0.1) is 21.7 Å². The van der Waals surface area contributed by atoms with Gasteiger partial charge in [0.25, 0.3) is 11.6 Å². The number of ether oxygens (including phenoxy) is 1. The van der Waals surface area contributed by atoms with Crippen LogP contribution in [0.5, 0.6) is 0 Å². The van der Waals surface area contributed by atoms with Crippen LogP contribution in [0.2, 0.25) is 0 Å². The fraction of sp³-hybridized carbons (Fsp3) is 0.333. The lowest BCUT2D eigenvalue weighted by atomic mass is 10.1. The van der Waals surface area contributed by atoms with Gasteiger partial charge in [-0.05, 0) is 51.1 Å². The molecule has 1 atom stereocenters. The largest absolute Gasteiger partial charge is 0.449 e. The van der Waals surface area contributed by atoms with Crippen LogP contribution in [0, 0.1) is 10.1 Å². The van der Waals surface area contributed by atoms with Crippen LogP contribution in [-0.2, 0) is 15.7 Å². The zero-order chi connectivity index (χ0) is 24.1. The Kier molecular flexibility index (Phi) is 7.79. The van der Waals surface area contributed by atoms with E-state index in [1.165, 1.54) is 19.1 Å². The number of nitro groups is 1. The lowest BCUT2D eigenvalue weighted by molar-refractivity contribution is -0.385. The molecule has 172 valence electrons. The van der Waals surface area contributed by atoms with E-state index >= 15 is 0 Å². The number of nitrogens with one attached hydrogen (secondary N) is 1. The third kappa shape index (κ3) is 5.96. The molecule has 0 radical (unpaired) electrons. The van der Waals surface area contributed by atoms with Crippen molar-refractivity contribution in [1.29, 1.82) is 0 Å². The number of hydrogen-bond acceptors (Lipinski definition) is 6. The summed E-state index contributed by atoms with van der Waals surface area (Å²) >= 11 is 0. The summed E-state index contributed by atoms with van der Waals surface area (Å²) < 4.78 is 44.8. The molecular weight excluding hydrogens is 431 g/mol. The lowest BCUT2D eigenvalue weighted by Crippen LogP contribution is -2.30. The van der Waals surface area contributed by atoms with Crippen molar-refractivity contribution < 1.29 is 32.4 Å². The monoisotopic (exact) mass is 453 g/mol. The maximum Gasteiger partial charge on any atom is 0.418 e. The Morgan fingerprint density at radius 1 is 1.12 bits per heavy atom. The minimum absolute atomic E-state index is 0.173. The molecule has 11 heteroatoms. The second-order valence-corrected chi connectivity index (χ2v) is 6.74. The van der Waals surface area contributed by atoms with Crippen molar-refractivity contribution >= 4 is 28.9 Å². The van der Waals surface area contributed by atoms with Crippen LogP contribution in [0.3, 0.4) is 0 Å². The number of amides is 1. The Bertz CT molecular complexity index is 989. The number of esters is 1. The number of carbonyl (C=O) groups excluding carboxylic acids is 2. The van der Waals surface area contributed by atoms with E-state index in [9.17, 15) is 32.9 Å². The first-order valence-electron chi connectivity index (χ1n) is 9.70. The number of nitro benzene ring substituents is 1. The molecule has 2 aromatic carbocycles. The first-order chi connectivity index (χ1) is 15.0. The molecule has 1 amide bonds. The van der Waals surface area contributed by atoms with Crippen LogP contribution in [0.4, 0.5) is 30.2 Å². The third-order valence-corrected chi connectivity index (χ3v) is 4.66. The van der Waals surface area contributed by atoms with Gasteiger partial charge in [-0.1, -0.05) is 0 Å². The summed E-state index contributed by atoms with van der Waals surface area (Å²) in [5, 5.41) is 12.8. The van der Waals surface area contributed by atoms with Crippen molar-refractivity contribution in [2.24, 2.45) is 0 Å². The van der Waals surface area contributed by atoms with E-state index in [4.69, 9.17) is 4.74 Å². The van der Waals surface area contributed by atoms with E-state index in [-0.39, 0.29) is 5.56 Å². The summed E-state index contributed by atoms with van der Waals surface area (Å²) in [7, 11) is 0. The van der Waals surface area contributed by atoms with E-state index in [1.807, 2.05) is 19.2 Å². The third-order valence-electron chi connectivity index (χ3n) is 4.66. The fourth-order valence-electron chi connectivity index (χ4n) is 2.90. The number of benzene rings is 2. The van der Waals surface area contributed by atoms with Gasteiger partial charge < -0.3 is 15.0 Å². The van der Waals surface area contributed by atoms with Gasteiger partial charge in [0.1, 0.15) is 0 Å². The van der Waals surface area contributed by atoms with Crippen LogP contribution >= 0.6 is 0 Å². The number of nitrogens with zero attached hydrogens (tertiary/aromatic N) is 2. The van der Waals surface area contributed by atoms with Crippen molar-refractivity contribution in [2.75, 3.05) is 23.3 Å². The minimum atomic E-state index is -4.94. The van der Waals surface area contributed by atoms with E-state index in [2.05, 4.69) is 4.90 Å². The maximum atomic E-state index is 13.3. The number of halogens is 3. The summed E-state index contributed by atoms with van der Waals surface area (Å²) in [5.41, 5.74) is -1.77. The van der Waals surface area contributed by atoms with Crippen molar-refractivity contribution in [3.63, 3.8) is 0 Å². The topological polar surface area (TPSA) is 102 Å². The Morgan fingerprint density at radius 2 is 1.72 bits per heavy atom. The Balaban J connectivity index is 2.11. The molecule has 1 N–H and O–H groups in total. The van der Waals surface area contributed by atoms with Crippen LogP contribution < -0.4 is 10.2 Å². The highest BCUT2D eigenvalue weighted by molar-refractivity contribution is 5.98. The molecule has 0 aliphatic heterocycles. The average molecular weight is 453 g/mol. The molecule has 1 unspecified atom stereocenters. The van der Waals surface area contributed by atoms with E-state index < -0.39 is 46.0 Å². The standard InChI is InChI=1S/C21H22F3N3O5/c1-4-26(5-2)15-8-6-14(7-9-15)20(29)32-13(3)19(28)25-18-11-10-16(27(30)31)12-17(18)21(22,23)24/h6-13H,4-5H2,1-3H3,(H,25,28). The number of carbonyl (C=O) groups is 2. The number of hydrogen-bond donors (Lipinski definition) is 1. The molecule has 0 saturated heterocycles. The molecule has 0 bridgehead atoms. The van der Waals surface area contributed by atoms with Crippen LogP contribution in [-0.4, -0.2) is 36.0 Å². The zero-order valence-electron chi connectivity index (χ0n) is 17.6. The molecule has 0 heterocycles. The zero-order valence-corrected chi connectivity index (χ0v) is 17.6. The normalized spacial score (nSPS) is 12.1. The highest BCUT2D eigenvalue weighted by Crippen LogP contribution is 2.37. The molecule has 8 nitrogen and oxygen atoms in total. The minimum Gasteiger partial charge on any atom is -0.449 e. The predicted octanol–water partition coefficient (Wildman–Crippen LogP) is 4.64. The summed E-state index contributed by atoms with van der Waals surface area (Å²) in [6.45, 7) is 6.73. The van der Waals surface area contributed by atoms with Gasteiger partial charge in [0.2, 0.25) is 0 Å². The van der Waals surface area contributed by atoms with Gasteiger partial charge in [-0.3, -0.25) is 14.9 Å². The van der Waals surface area contributed by atoms with Crippen LogP contribution in [0.1, 0.15) is 36.7 Å². The molecule has 2 rings (SSSR count). The predicted molar refractivity (Wildman–Crippen MR) is 112 cm³/mol. The van der Waals surface area contributed by atoms with Crippen molar-refractivity contribution in [3.8, 4) is 0 Å². The molecule has 0 fully saturated rings. The Morgan fingerprint density at radius 3 is 2.22 bits per heavy atom. The number of alkyl halides is 3. The van der Waals surface area contributed by atoms with Gasteiger partial charge in [-0.25, -0.2) is 4.79 Å². The summed E-state index contributed by atoms with van der Waals surface area (Å²) in [6, 6.07) is 8.43. The van der Waals surface area contributed by atoms with Gasteiger partial charge in [-0.15, -0.1) is 0 Å². The lowest BCUT2D eigenvalue weighted by Gasteiger charge is -2.21. The molecule has 0 spiro atoms. The molecule has 0 aliphatic carbocycles. The average Bonchev–Trinajstić information content (AvgIpc) is 2.74. The van der Waals surface area contributed by atoms with Crippen LogP contribution in [0.15, 0.2) is 42.5 Å². The first-order valence-corrected chi connectivity index (χ1v) is 9.70. The second kappa shape index (κ2) is 10.1. The van der Waals surface area contributed by atoms with E-state index in [1.54, 1.807) is 12.1 Å². The van der Waals surface area contributed by atoms with Crippen molar-refractivity contribution in [1.82, 2.24) is 0 Å². The summed E-state index contributed by atoms with van der Waals surface area (Å²) in [4.78, 5) is 36.5. The van der Waals surface area contributed by atoms with E-state index in [0.717, 1.165) is 30.9 Å². The highest BCUT2D eigenvalue weighted by atomic mass is 19.4. The number of rotatable bonds is 8. The number of non-ortho nitro benzene ring substituents is 1. The molecule has 32 heavy (non-hydrogen) atoms. The van der Waals surface area contributed by atoms with Crippen molar-refractivity contribution in [3.05, 3.63) is 63.7 Å². The summed E-state index contributed by atoms with van der Waals surface area (Å²) in [5.74, 6) is -1.84. The van der Waals surface area contributed by atoms with Gasteiger partial charge in [0, 0.05) is 30.9 Å². The summed E-state index contributed by atoms with van der Waals surface area (Å²) in [6.07, 6.45) is -6.36. The SMILES string of the molecule is CCN(CC)c1ccc(C(=O)OC(C)C(=O)Nc2ccc([N+](=O)[O-])cc2C(F)(F)F)cc1. The smallest absolute Gasteiger partial charge is 0.418 e. The molecule has 0 aromatic heterocycles. The highest BCUT2D eigenvalue weighted by Gasteiger charge is 2.36. The van der Waals surface area contributed by atoms with Gasteiger partial charge in [-0.2, -0.15) is 13.2 Å². The van der Waals surface area contributed by atoms with Crippen LogP contribution in [0.25, 0.3) is 0 Å². The Hall–Kier alpha value is -3.63. The molecular formula is C21H22F3N3O5.